The van der Waals surface area contributed by atoms with Crippen LogP contribution in [0.2, 0.25) is 0 Å². The molecule has 3 nitrogen and oxygen atoms in total. The second-order valence-corrected chi connectivity index (χ2v) is 6.01. The summed E-state index contributed by atoms with van der Waals surface area (Å²) in [5, 5.41) is 12.6. The largest absolute Gasteiger partial charge is 0.497 e. The molecule has 18 heavy (non-hydrogen) atoms. The predicted molar refractivity (Wildman–Crippen MR) is 76.0 cm³/mol. The fraction of sp³-hybridized carbons (Fsp3) is 0.500. The zero-order valence-corrected chi connectivity index (χ0v) is 12.2. The van der Waals surface area contributed by atoms with Crippen LogP contribution in [-0.4, -0.2) is 24.9 Å². The number of nitrogens with one attached hydrogen (secondary N) is 1. The molecular weight excluding hydrogens is 244 g/mol. The van der Waals surface area contributed by atoms with E-state index >= 15 is 0 Å². The highest BCUT2D eigenvalue weighted by Gasteiger charge is 2.24. The first kappa shape index (κ1) is 14.9. The van der Waals surface area contributed by atoms with E-state index < -0.39 is 5.54 Å². The Morgan fingerprint density at radius 3 is 2.50 bits per heavy atom. The van der Waals surface area contributed by atoms with Crippen molar-refractivity contribution in [1.82, 2.24) is 5.32 Å². The van der Waals surface area contributed by atoms with Gasteiger partial charge in [0.1, 0.15) is 11.3 Å². The van der Waals surface area contributed by atoms with Gasteiger partial charge in [0.15, 0.2) is 0 Å². The molecule has 4 heteroatoms. The van der Waals surface area contributed by atoms with Gasteiger partial charge in [-0.15, -0.1) is 11.8 Å². The van der Waals surface area contributed by atoms with Crippen LogP contribution >= 0.6 is 11.8 Å². The minimum Gasteiger partial charge on any atom is -0.497 e. The predicted octanol–water partition coefficient (Wildman–Crippen LogP) is 3.07. The van der Waals surface area contributed by atoms with E-state index in [0.29, 0.717) is 5.25 Å². The van der Waals surface area contributed by atoms with Crippen LogP contribution < -0.4 is 10.1 Å². The molecule has 0 bridgehead atoms. The van der Waals surface area contributed by atoms with E-state index in [4.69, 9.17) is 10.00 Å². The molecule has 1 aromatic carbocycles. The second kappa shape index (κ2) is 6.67. The topological polar surface area (TPSA) is 45.0 Å². The molecule has 1 aromatic rings. The number of nitrogens with zero attached hydrogens (tertiary/aromatic N) is 1. The number of benzene rings is 1. The maximum absolute atomic E-state index is 9.13. The lowest BCUT2D eigenvalue weighted by atomic mass is 9.98. The summed E-state index contributed by atoms with van der Waals surface area (Å²) in [6.45, 7) is 4.07. The smallest absolute Gasteiger partial charge is 0.118 e. The zero-order valence-electron chi connectivity index (χ0n) is 11.4. The molecule has 0 amide bonds. The lowest BCUT2D eigenvalue weighted by molar-refractivity contribution is 0.414. The van der Waals surface area contributed by atoms with Crippen LogP contribution in [0.4, 0.5) is 0 Å². The van der Waals surface area contributed by atoms with Crippen LogP contribution in [0.15, 0.2) is 29.2 Å². The molecule has 0 aliphatic heterocycles. The minimum atomic E-state index is -0.459. The van der Waals surface area contributed by atoms with Crippen molar-refractivity contribution in [2.45, 2.75) is 36.0 Å². The van der Waals surface area contributed by atoms with E-state index in [1.807, 2.05) is 38.2 Å². The number of methoxy groups -OCH3 is 1. The second-order valence-electron chi connectivity index (χ2n) is 4.50. The van der Waals surface area contributed by atoms with Crippen LogP contribution in [0.25, 0.3) is 0 Å². The number of hydrogen-bond donors (Lipinski definition) is 1. The van der Waals surface area contributed by atoms with Gasteiger partial charge in [-0.2, -0.15) is 5.26 Å². The van der Waals surface area contributed by atoms with Crippen LogP contribution in [0.3, 0.4) is 0 Å². The van der Waals surface area contributed by atoms with Crippen molar-refractivity contribution >= 4 is 11.8 Å². The van der Waals surface area contributed by atoms with Gasteiger partial charge in [0, 0.05) is 10.1 Å². The fourth-order valence-corrected chi connectivity index (χ4v) is 2.88. The van der Waals surface area contributed by atoms with Crippen molar-refractivity contribution in [1.29, 1.82) is 5.26 Å². The Kier molecular flexibility index (Phi) is 5.52. The van der Waals surface area contributed by atoms with Crippen LogP contribution in [-0.2, 0) is 0 Å². The molecule has 2 unspecified atom stereocenters. The summed E-state index contributed by atoms with van der Waals surface area (Å²) in [5.74, 6) is 0.865. The molecule has 0 saturated carbocycles. The van der Waals surface area contributed by atoms with E-state index in [-0.39, 0.29) is 0 Å². The molecule has 0 aliphatic carbocycles. The van der Waals surface area contributed by atoms with Gasteiger partial charge in [0.2, 0.25) is 0 Å². The normalized spacial score (nSPS) is 15.5. The fourth-order valence-electron chi connectivity index (χ4n) is 1.71. The van der Waals surface area contributed by atoms with Crippen molar-refractivity contribution in [3.8, 4) is 11.8 Å². The molecule has 98 valence electrons. The maximum Gasteiger partial charge on any atom is 0.118 e. The van der Waals surface area contributed by atoms with Crippen molar-refractivity contribution in [3.05, 3.63) is 24.3 Å². The number of nitriles is 1. The standard InChI is InChI=1S/C14H20N2OS/c1-11(9-14(2,10-15)16-3)18-13-7-5-12(17-4)6-8-13/h5-8,11,16H,9H2,1-4H3. The summed E-state index contributed by atoms with van der Waals surface area (Å²) < 4.78 is 5.13. The van der Waals surface area contributed by atoms with E-state index in [2.05, 4.69) is 18.3 Å². The summed E-state index contributed by atoms with van der Waals surface area (Å²) in [4.78, 5) is 1.19. The van der Waals surface area contributed by atoms with Crippen molar-refractivity contribution in [3.63, 3.8) is 0 Å². The summed E-state index contributed by atoms with van der Waals surface area (Å²) in [5.41, 5.74) is -0.459. The molecular formula is C14H20N2OS. The van der Waals surface area contributed by atoms with Crippen molar-refractivity contribution in [2.24, 2.45) is 0 Å². The molecule has 0 radical (unpaired) electrons. The van der Waals surface area contributed by atoms with Crippen molar-refractivity contribution < 1.29 is 4.74 Å². The average molecular weight is 264 g/mol. The number of rotatable bonds is 6. The minimum absolute atomic E-state index is 0.371. The molecule has 2 atom stereocenters. The van der Waals surface area contributed by atoms with Gasteiger partial charge < -0.3 is 10.1 Å². The highest BCUT2D eigenvalue weighted by atomic mass is 32.2. The third-order valence-corrected chi connectivity index (χ3v) is 4.00. The average Bonchev–Trinajstić information content (AvgIpc) is 2.39. The highest BCUT2D eigenvalue weighted by molar-refractivity contribution is 7.99. The first-order valence-corrected chi connectivity index (χ1v) is 6.82. The highest BCUT2D eigenvalue weighted by Crippen LogP contribution is 2.29. The molecule has 0 aromatic heterocycles. The first-order chi connectivity index (χ1) is 8.53. The van der Waals surface area contributed by atoms with Gasteiger partial charge in [-0.25, -0.2) is 0 Å². The van der Waals surface area contributed by atoms with Crippen LogP contribution in [0.1, 0.15) is 20.3 Å². The molecule has 0 aliphatic rings. The van der Waals surface area contributed by atoms with E-state index in [0.717, 1.165) is 12.2 Å². The maximum atomic E-state index is 9.13. The van der Waals surface area contributed by atoms with Gasteiger partial charge in [0.25, 0.3) is 0 Å². The van der Waals surface area contributed by atoms with Gasteiger partial charge >= 0.3 is 0 Å². The van der Waals surface area contributed by atoms with E-state index in [1.165, 1.54) is 4.90 Å². The van der Waals surface area contributed by atoms with Crippen LogP contribution in [0.5, 0.6) is 5.75 Å². The number of ether oxygens (including phenoxy) is 1. The molecule has 0 spiro atoms. The summed E-state index contributed by atoms with van der Waals surface area (Å²) in [7, 11) is 3.49. The van der Waals surface area contributed by atoms with Crippen LogP contribution in [0, 0.1) is 11.3 Å². The molecule has 1 N–H and O–H groups in total. The van der Waals surface area contributed by atoms with E-state index in [1.54, 1.807) is 18.9 Å². The molecule has 0 heterocycles. The van der Waals surface area contributed by atoms with Gasteiger partial charge in [0.05, 0.1) is 13.2 Å². The third-order valence-electron chi connectivity index (χ3n) is 2.89. The van der Waals surface area contributed by atoms with Gasteiger partial charge in [-0.3, -0.25) is 0 Å². The molecule has 1 rings (SSSR count). The van der Waals surface area contributed by atoms with Gasteiger partial charge in [-0.05, 0) is 44.7 Å². The summed E-state index contributed by atoms with van der Waals surface area (Å²) in [6.07, 6.45) is 0.802. The Balaban J connectivity index is 2.59. The quantitative estimate of drug-likeness (QED) is 0.802. The monoisotopic (exact) mass is 264 g/mol. The number of hydrogen-bond acceptors (Lipinski definition) is 4. The third kappa shape index (κ3) is 4.25. The molecule has 0 fully saturated rings. The molecule has 0 saturated heterocycles. The summed E-state index contributed by atoms with van der Waals surface area (Å²) >= 11 is 1.77. The Bertz CT molecular complexity index is 413. The lowest BCUT2D eigenvalue weighted by Crippen LogP contribution is -2.40. The first-order valence-electron chi connectivity index (χ1n) is 5.94. The zero-order chi connectivity index (χ0) is 13.6. The lowest BCUT2D eigenvalue weighted by Gasteiger charge is -2.24. The Morgan fingerprint density at radius 2 is 2.06 bits per heavy atom. The summed E-state index contributed by atoms with van der Waals surface area (Å²) in [6, 6.07) is 10.3. The SMILES string of the molecule is CNC(C)(C#N)CC(C)Sc1ccc(OC)cc1. The Morgan fingerprint density at radius 1 is 1.44 bits per heavy atom. The number of thioether (sulfide) groups is 1. The Hall–Kier alpha value is -1.18. The van der Waals surface area contributed by atoms with Gasteiger partial charge in [-0.1, -0.05) is 6.92 Å². The van der Waals surface area contributed by atoms with E-state index in [9.17, 15) is 0 Å². The Labute approximate surface area is 114 Å². The van der Waals surface area contributed by atoms with Crippen molar-refractivity contribution in [2.75, 3.05) is 14.2 Å².